The van der Waals surface area contributed by atoms with E-state index in [2.05, 4.69) is 19.2 Å². The monoisotopic (exact) mass is 410 g/mol. The van der Waals surface area contributed by atoms with Gasteiger partial charge in [-0.15, -0.1) is 0 Å². The van der Waals surface area contributed by atoms with Crippen molar-refractivity contribution in [3.63, 3.8) is 0 Å². The third-order valence-corrected chi connectivity index (χ3v) is 5.06. The molecule has 0 aliphatic carbocycles. The zero-order valence-electron chi connectivity index (χ0n) is 17.2. The van der Waals surface area contributed by atoms with Gasteiger partial charge in [0.05, 0.1) is 18.7 Å². The van der Waals surface area contributed by atoms with Gasteiger partial charge >= 0.3 is 5.97 Å². The second-order valence-electron chi connectivity index (χ2n) is 7.15. The van der Waals surface area contributed by atoms with E-state index in [9.17, 15) is 14.4 Å². The summed E-state index contributed by atoms with van der Waals surface area (Å²) < 4.78 is 10.7. The molecule has 0 bridgehead atoms. The number of hydrogen-bond acceptors (Lipinski definition) is 5. The molecular formula is C23H26N2O5. The van der Waals surface area contributed by atoms with E-state index in [1.807, 2.05) is 24.3 Å². The molecular weight excluding hydrogens is 384 g/mol. The molecule has 3 rings (SSSR count). The van der Waals surface area contributed by atoms with Crippen LogP contribution in [0.3, 0.4) is 0 Å². The van der Waals surface area contributed by atoms with E-state index in [1.54, 1.807) is 24.3 Å². The fourth-order valence-electron chi connectivity index (χ4n) is 3.26. The standard InChI is InChI=1S/C23H26N2O5/c1-3-16(2)17-8-4-5-9-18(17)24-21(26)15-30-23(28)14-25-19-10-6-7-11-20(19)29-13-12-22(25)27/h4-11,16H,3,12-15H2,1-2H3,(H,24,26)/t16-/m0/s1. The summed E-state index contributed by atoms with van der Waals surface area (Å²) in [6.07, 6.45) is 1.10. The number of nitrogens with one attached hydrogen (secondary N) is 1. The Bertz CT molecular complexity index is 927. The van der Waals surface area contributed by atoms with E-state index >= 15 is 0 Å². The molecule has 1 N–H and O–H groups in total. The van der Waals surface area contributed by atoms with E-state index in [1.165, 1.54) is 4.90 Å². The Kier molecular flexibility index (Phi) is 7.06. The lowest BCUT2D eigenvalue weighted by atomic mass is 9.97. The smallest absolute Gasteiger partial charge is 0.326 e. The molecule has 0 aromatic heterocycles. The maximum atomic E-state index is 12.4. The number of nitrogens with zero attached hydrogens (tertiary/aromatic N) is 1. The van der Waals surface area contributed by atoms with E-state index < -0.39 is 18.5 Å². The molecule has 2 aromatic rings. The molecule has 7 heteroatoms. The average molecular weight is 410 g/mol. The van der Waals surface area contributed by atoms with Crippen LogP contribution < -0.4 is 15.0 Å². The minimum atomic E-state index is -0.662. The van der Waals surface area contributed by atoms with Gasteiger partial charge in [-0.25, -0.2) is 0 Å². The second-order valence-corrected chi connectivity index (χ2v) is 7.15. The lowest BCUT2D eigenvalue weighted by Crippen LogP contribution is -2.37. The minimum Gasteiger partial charge on any atom is -0.491 e. The van der Waals surface area contributed by atoms with Crippen LogP contribution in [0.1, 0.15) is 38.2 Å². The summed E-state index contributed by atoms with van der Waals surface area (Å²) in [6, 6.07) is 14.6. The van der Waals surface area contributed by atoms with Crippen LogP contribution in [0.4, 0.5) is 11.4 Å². The van der Waals surface area contributed by atoms with Crippen molar-refractivity contribution in [1.29, 1.82) is 0 Å². The fourth-order valence-corrected chi connectivity index (χ4v) is 3.26. The molecule has 0 spiro atoms. The SMILES string of the molecule is CC[C@H](C)c1ccccc1NC(=O)COC(=O)CN1C(=O)CCOc2ccccc21. The van der Waals surface area contributed by atoms with Gasteiger partial charge in [0, 0.05) is 5.69 Å². The van der Waals surface area contributed by atoms with Crippen LogP contribution in [0.2, 0.25) is 0 Å². The Labute approximate surface area is 176 Å². The summed E-state index contributed by atoms with van der Waals surface area (Å²) in [5, 5.41) is 2.80. The van der Waals surface area contributed by atoms with Crippen LogP contribution in [0.25, 0.3) is 0 Å². The Morgan fingerprint density at radius 1 is 1.17 bits per heavy atom. The zero-order valence-corrected chi connectivity index (χ0v) is 17.2. The number of ether oxygens (including phenoxy) is 2. The van der Waals surface area contributed by atoms with Crippen molar-refractivity contribution < 1.29 is 23.9 Å². The maximum Gasteiger partial charge on any atom is 0.326 e. The first-order chi connectivity index (χ1) is 14.5. The highest BCUT2D eigenvalue weighted by atomic mass is 16.5. The van der Waals surface area contributed by atoms with Crippen LogP contribution in [0.5, 0.6) is 5.75 Å². The summed E-state index contributed by atoms with van der Waals surface area (Å²) in [5.74, 6) is -0.491. The Morgan fingerprint density at radius 2 is 1.90 bits per heavy atom. The fraction of sp³-hybridized carbons (Fsp3) is 0.348. The molecule has 0 unspecified atom stereocenters. The molecule has 0 radical (unpaired) electrons. The molecule has 158 valence electrons. The maximum absolute atomic E-state index is 12.4. The first-order valence-corrected chi connectivity index (χ1v) is 10.1. The second kappa shape index (κ2) is 9.91. The average Bonchev–Trinajstić information content (AvgIpc) is 2.91. The summed E-state index contributed by atoms with van der Waals surface area (Å²) in [7, 11) is 0. The number of fused-ring (bicyclic) bond motifs is 1. The third-order valence-electron chi connectivity index (χ3n) is 5.06. The van der Waals surface area contributed by atoms with Gasteiger partial charge < -0.3 is 14.8 Å². The van der Waals surface area contributed by atoms with Gasteiger partial charge in [-0.05, 0) is 36.1 Å². The summed E-state index contributed by atoms with van der Waals surface area (Å²) in [5.41, 5.74) is 2.26. The predicted octanol–water partition coefficient (Wildman–Crippen LogP) is 3.50. The lowest BCUT2D eigenvalue weighted by molar-refractivity contribution is -0.146. The number of carbonyl (C=O) groups is 3. The van der Waals surface area contributed by atoms with Crippen molar-refractivity contribution >= 4 is 29.2 Å². The van der Waals surface area contributed by atoms with Crippen molar-refractivity contribution in [1.82, 2.24) is 0 Å². The largest absolute Gasteiger partial charge is 0.491 e. The highest BCUT2D eigenvalue weighted by molar-refractivity contribution is 6.00. The predicted molar refractivity (Wildman–Crippen MR) is 114 cm³/mol. The summed E-state index contributed by atoms with van der Waals surface area (Å²) >= 11 is 0. The van der Waals surface area contributed by atoms with Crippen LogP contribution in [0.15, 0.2) is 48.5 Å². The number of anilines is 2. The highest BCUT2D eigenvalue weighted by Gasteiger charge is 2.26. The zero-order chi connectivity index (χ0) is 21.5. The number of hydrogen-bond donors (Lipinski definition) is 1. The topological polar surface area (TPSA) is 84.9 Å². The van der Waals surface area contributed by atoms with Crippen LogP contribution in [0, 0.1) is 0 Å². The quantitative estimate of drug-likeness (QED) is 0.706. The van der Waals surface area contributed by atoms with Gasteiger partial charge in [-0.2, -0.15) is 0 Å². The number of benzene rings is 2. The molecule has 1 atom stereocenters. The van der Waals surface area contributed by atoms with Crippen LogP contribution in [-0.4, -0.2) is 37.5 Å². The third kappa shape index (κ3) is 5.17. The molecule has 0 saturated heterocycles. The van der Waals surface area contributed by atoms with Crippen LogP contribution in [-0.2, 0) is 19.1 Å². The van der Waals surface area contributed by atoms with Gasteiger partial charge in [-0.1, -0.05) is 44.2 Å². The van der Waals surface area contributed by atoms with E-state index in [-0.39, 0.29) is 25.5 Å². The molecule has 2 amide bonds. The van der Waals surface area contributed by atoms with Gasteiger partial charge in [0.15, 0.2) is 6.61 Å². The normalized spacial score (nSPS) is 14.2. The molecule has 7 nitrogen and oxygen atoms in total. The van der Waals surface area contributed by atoms with Crippen molar-refractivity contribution in [2.24, 2.45) is 0 Å². The molecule has 1 aliphatic heterocycles. The number of amides is 2. The Hall–Kier alpha value is -3.35. The number of carbonyl (C=O) groups excluding carboxylic acids is 3. The lowest BCUT2D eigenvalue weighted by Gasteiger charge is -2.21. The van der Waals surface area contributed by atoms with Crippen molar-refractivity contribution in [2.75, 3.05) is 30.0 Å². The molecule has 30 heavy (non-hydrogen) atoms. The first-order valence-electron chi connectivity index (χ1n) is 10.1. The van der Waals surface area contributed by atoms with Crippen molar-refractivity contribution in [3.8, 4) is 5.75 Å². The number of esters is 1. The Morgan fingerprint density at radius 3 is 2.70 bits per heavy atom. The van der Waals surface area contributed by atoms with Gasteiger partial charge in [0.1, 0.15) is 12.3 Å². The molecule has 2 aromatic carbocycles. The first kappa shape index (κ1) is 21.4. The van der Waals surface area contributed by atoms with Crippen molar-refractivity contribution in [2.45, 2.75) is 32.6 Å². The van der Waals surface area contributed by atoms with Gasteiger partial charge in [0.25, 0.3) is 5.91 Å². The molecule has 0 fully saturated rings. The van der Waals surface area contributed by atoms with Gasteiger partial charge in [-0.3, -0.25) is 19.3 Å². The molecule has 0 saturated carbocycles. The van der Waals surface area contributed by atoms with Crippen molar-refractivity contribution in [3.05, 3.63) is 54.1 Å². The number of rotatable bonds is 7. The minimum absolute atomic E-state index is 0.162. The highest BCUT2D eigenvalue weighted by Crippen LogP contribution is 2.31. The summed E-state index contributed by atoms with van der Waals surface area (Å²) in [4.78, 5) is 38.3. The summed E-state index contributed by atoms with van der Waals surface area (Å²) in [6.45, 7) is 3.71. The molecule has 1 heterocycles. The van der Waals surface area contributed by atoms with E-state index in [4.69, 9.17) is 9.47 Å². The Balaban J connectivity index is 1.59. The van der Waals surface area contributed by atoms with Crippen LogP contribution >= 0.6 is 0 Å². The molecule has 1 aliphatic rings. The van der Waals surface area contributed by atoms with E-state index in [0.29, 0.717) is 23.0 Å². The van der Waals surface area contributed by atoms with E-state index in [0.717, 1.165) is 12.0 Å². The number of para-hydroxylation sites is 3. The van der Waals surface area contributed by atoms with Gasteiger partial charge in [0.2, 0.25) is 5.91 Å².